The summed E-state index contributed by atoms with van der Waals surface area (Å²) in [5.74, 6) is 0. The van der Waals surface area contributed by atoms with Crippen LogP contribution in [0.25, 0.3) is 0 Å². The van der Waals surface area contributed by atoms with Crippen molar-refractivity contribution in [1.82, 2.24) is 15.5 Å². The molecule has 0 aliphatic rings. The van der Waals surface area contributed by atoms with Gasteiger partial charge in [0.2, 0.25) is 0 Å². The maximum atomic E-state index is 10.8. The zero-order valence-electron chi connectivity index (χ0n) is 9.60. The van der Waals surface area contributed by atoms with Gasteiger partial charge in [-0.25, -0.2) is 4.79 Å². The van der Waals surface area contributed by atoms with E-state index in [1.165, 1.54) is 6.42 Å². The van der Waals surface area contributed by atoms with Crippen LogP contribution in [0, 0.1) is 0 Å². The van der Waals surface area contributed by atoms with E-state index in [4.69, 9.17) is 0 Å². The third-order valence-electron chi connectivity index (χ3n) is 2.15. The van der Waals surface area contributed by atoms with Crippen molar-refractivity contribution in [3.63, 3.8) is 0 Å². The number of nitrogens with zero attached hydrogens (tertiary/aromatic N) is 1. The van der Waals surface area contributed by atoms with Gasteiger partial charge in [-0.3, -0.25) is 0 Å². The van der Waals surface area contributed by atoms with E-state index >= 15 is 0 Å². The van der Waals surface area contributed by atoms with Gasteiger partial charge in [-0.2, -0.15) is 0 Å². The van der Waals surface area contributed by atoms with E-state index in [2.05, 4.69) is 29.4 Å². The van der Waals surface area contributed by atoms with Gasteiger partial charge in [0.05, 0.1) is 0 Å². The number of nitrogens with one attached hydrogen (secondary N) is 2. The zero-order valence-corrected chi connectivity index (χ0v) is 9.60. The van der Waals surface area contributed by atoms with Gasteiger partial charge in [0, 0.05) is 13.6 Å². The second-order valence-corrected chi connectivity index (χ2v) is 3.29. The second kappa shape index (κ2) is 8.81. The van der Waals surface area contributed by atoms with Crippen molar-refractivity contribution in [3.8, 4) is 0 Å². The molecule has 0 atom stereocenters. The minimum Gasteiger partial charge on any atom is -0.341 e. The summed E-state index contributed by atoms with van der Waals surface area (Å²) in [6.07, 6.45) is 2.21. The smallest absolute Gasteiger partial charge is 0.314 e. The highest BCUT2D eigenvalue weighted by Crippen LogP contribution is 1.92. The summed E-state index contributed by atoms with van der Waals surface area (Å²) in [5, 5.41) is 5.31. The summed E-state index contributed by atoms with van der Waals surface area (Å²) in [7, 11) is 1.63. The molecule has 0 bridgehead atoms. The predicted molar refractivity (Wildman–Crippen MR) is 59.5 cm³/mol. The maximum absolute atomic E-state index is 10.8. The highest BCUT2D eigenvalue weighted by molar-refractivity contribution is 5.73. The van der Waals surface area contributed by atoms with Crippen LogP contribution in [0.15, 0.2) is 0 Å². The average Bonchev–Trinajstić information content (AvgIpc) is 2.22. The van der Waals surface area contributed by atoms with E-state index in [0.717, 1.165) is 32.6 Å². The van der Waals surface area contributed by atoms with E-state index < -0.39 is 0 Å². The Kier molecular flexibility index (Phi) is 8.33. The first-order valence-corrected chi connectivity index (χ1v) is 5.42. The van der Waals surface area contributed by atoms with Crippen LogP contribution in [0.3, 0.4) is 0 Å². The van der Waals surface area contributed by atoms with E-state index in [9.17, 15) is 4.79 Å². The first kappa shape index (κ1) is 13.2. The van der Waals surface area contributed by atoms with E-state index in [1.54, 1.807) is 7.05 Å². The SMILES string of the molecule is CCCN(CC)CCCNC(=O)NC. The Bertz CT molecular complexity index is 150. The number of carbonyl (C=O) groups is 1. The fraction of sp³-hybridized carbons (Fsp3) is 0.900. The molecule has 0 aromatic rings. The molecule has 0 unspecified atom stereocenters. The number of carbonyl (C=O) groups excluding carboxylic acids is 1. The molecule has 2 amide bonds. The number of hydrogen-bond donors (Lipinski definition) is 2. The second-order valence-electron chi connectivity index (χ2n) is 3.29. The van der Waals surface area contributed by atoms with Crippen LogP contribution in [0.2, 0.25) is 0 Å². The zero-order chi connectivity index (χ0) is 10.8. The van der Waals surface area contributed by atoms with Crippen LogP contribution in [0.4, 0.5) is 4.79 Å². The Morgan fingerprint density at radius 3 is 2.50 bits per heavy atom. The molecule has 0 heterocycles. The van der Waals surface area contributed by atoms with Crippen LogP contribution in [-0.2, 0) is 0 Å². The van der Waals surface area contributed by atoms with Crippen molar-refractivity contribution in [2.45, 2.75) is 26.7 Å². The number of rotatable bonds is 7. The van der Waals surface area contributed by atoms with Crippen molar-refractivity contribution >= 4 is 6.03 Å². The molecule has 0 radical (unpaired) electrons. The lowest BCUT2D eigenvalue weighted by atomic mass is 10.3. The maximum Gasteiger partial charge on any atom is 0.314 e. The number of hydrogen-bond acceptors (Lipinski definition) is 2. The van der Waals surface area contributed by atoms with Crippen molar-refractivity contribution in [2.24, 2.45) is 0 Å². The lowest BCUT2D eigenvalue weighted by Gasteiger charge is -2.19. The van der Waals surface area contributed by atoms with Crippen LogP contribution in [0.1, 0.15) is 26.7 Å². The van der Waals surface area contributed by atoms with Crippen LogP contribution >= 0.6 is 0 Å². The fourth-order valence-electron chi connectivity index (χ4n) is 1.34. The Hall–Kier alpha value is -0.770. The lowest BCUT2D eigenvalue weighted by molar-refractivity contribution is 0.240. The monoisotopic (exact) mass is 201 g/mol. The van der Waals surface area contributed by atoms with Gasteiger partial charge in [0.1, 0.15) is 0 Å². The number of urea groups is 1. The summed E-state index contributed by atoms with van der Waals surface area (Å²) in [4.78, 5) is 13.2. The minimum atomic E-state index is -0.0939. The van der Waals surface area contributed by atoms with Crippen LogP contribution in [0.5, 0.6) is 0 Å². The third kappa shape index (κ3) is 6.71. The van der Waals surface area contributed by atoms with Gasteiger partial charge in [-0.15, -0.1) is 0 Å². The summed E-state index contributed by atoms with van der Waals surface area (Å²) in [6, 6.07) is -0.0939. The number of amides is 2. The molecular formula is C10H23N3O. The van der Waals surface area contributed by atoms with E-state index in [1.807, 2.05) is 0 Å². The predicted octanol–water partition coefficient (Wildman–Crippen LogP) is 1.04. The lowest BCUT2D eigenvalue weighted by Crippen LogP contribution is -2.35. The highest BCUT2D eigenvalue weighted by Gasteiger charge is 2.00. The van der Waals surface area contributed by atoms with Crippen LogP contribution in [-0.4, -0.2) is 44.2 Å². The standard InChI is InChI=1S/C10H23N3O/c1-4-8-13(5-2)9-6-7-12-10(14)11-3/h4-9H2,1-3H3,(H2,11,12,14). The molecule has 0 aliphatic heterocycles. The molecule has 0 saturated carbocycles. The normalized spacial score (nSPS) is 10.3. The van der Waals surface area contributed by atoms with Crippen LogP contribution < -0.4 is 10.6 Å². The quantitative estimate of drug-likeness (QED) is 0.604. The summed E-state index contributed by atoms with van der Waals surface area (Å²) < 4.78 is 0. The summed E-state index contributed by atoms with van der Waals surface area (Å²) in [6.45, 7) is 8.41. The fourth-order valence-corrected chi connectivity index (χ4v) is 1.34. The first-order valence-electron chi connectivity index (χ1n) is 5.42. The molecule has 4 nitrogen and oxygen atoms in total. The van der Waals surface area contributed by atoms with Crippen molar-refractivity contribution < 1.29 is 4.79 Å². The molecule has 0 aromatic heterocycles. The molecule has 0 rings (SSSR count). The summed E-state index contributed by atoms with van der Waals surface area (Å²) in [5.41, 5.74) is 0. The third-order valence-corrected chi connectivity index (χ3v) is 2.15. The summed E-state index contributed by atoms with van der Waals surface area (Å²) >= 11 is 0. The molecule has 0 aliphatic carbocycles. The Morgan fingerprint density at radius 2 is 2.00 bits per heavy atom. The van der Waals surface area contributed by atoms with Crippen molar-refractivity contribution in [3.05, 3.63) is 0 Å². The Balaban J connectivity index is 3.37. The molecule has 0 fully saturated rings. The van der Waals surface area contributed by atoms with Gasteiger partial charge in [-0.05, 0) is 32.5 Å². The largest absolute Gasteiger partial charge is 0.341 e. The van der Waals surface area contributed by atoms with Crippen molar-refractivity contribution in [2.75, 3.05) is 33.2 Å². The van der Waals surface area contributed by atoms with Crippen molar-refractivity contribution in [1.29, 1.82) is 0 Å². The molecule has 4 heteroatoms. The molecule has 14 heavy (non-hydrogen) atoms. The molecule has 2 N–H and O–H groups in total. The molecule has 84 valence electrons. The Morgan fingerprint density at radius 1 is 1.29 bits per heavy atom. The minimum absolute atomic E-state index is 0.0939. The molecule has 0 spiro atoms. The Labute approximate surface area is 87.0 Å². The van der Waals surface area contributed by atoms with Gasteiger partial charge in [0.25, 0.3) is 0 Å². The van der Waals surface area contributed by atoms with Gasteiger partial charge >= 0.3 is 6.03 Å². The average molecular weight is 201 g/mol. The highest BCUT2D eigenvalue weighted by atomic mass is 16.2. The molecule has 0 aromatic carbocycles. The topological polar surface area (TPSA) is 44.4 Å². The molecule has 0 saturated heterocycles. The van der Waals surface area contributed by atoms with Gasteiger partial charge in [-0.1, -0.05) is 13.8 Å². The molecular weight excluding hydrogens is 178 g/mol. The van der Waals surface area contributed by atoms with E-state index in [-0.39, 0.29) is 6.03 Å². The van der Waals surface area contributed by atoms with Gasteiger partial charge < -0.3 is 15.5 Å². The van der Waals surface area contributed by atoms with E-state index in [0.29, 0.717) is 0 Å². The first-order chi connectivity index (χ1) is 6.74. The van der Waals surface area contributed by atoms with Gasteiger partial charge in [0.15, 0.2) is 0 Å².